The van der Waals surface area contributed by atoms with Gasteiger partial charge in [-0.3, -0.25) is 4.79 Å². The summed E-state index contributed by atoms with van der Waals surface area (Å²) in [7, 11) is 0. The van der Waals surface area contributed by atoms with E-state index in [1.54, 1.807) is 4.90 Å². The van der Waals surface area contributed by atoms with E-state index in [-0.39, 0.29) is 36.6 Å². The highest BCUT2D eigenvalue weighted by Crippen LogP contribution is 2.44. The van der Waals surface area contributed by atoms with E-state index in [9.17, 15) is 4.79 Å². The van der Waals surface area contributed by atoms with Crippen molar-refractivity contribution in [1.82, 2.24) is 20.4 Å². The Bertz CT molecular complexity index is 905. The lowest BCUT2D eigenvalue weighted by Crippen LogP contribution is -2.46. The second-order valence-corrected chi connectivity index (χ2v) is 9.01. The molecule has 0 bridgehead atoms. The smallest absolute Gasteiger partial charge is 0.277 e. The van der Waals surface area contributed by atoms with Gasteiger partial charge in [-0.25, -0.2) is 4.90 Å². The van der Waals surface area contributed by atoms with Gasteiger partial charge < -0.3 is 14.7 Å². The van der Waals surface area contributed by atoms with Crippen LogP contribution < -0.4 is 10.2 Å². The van der Waals surface area contributed by atoms with Gasteiger partial charge in [0.15, 0.2) is 0 Å². The number of hydrogen-bond donors (Lipinski definition) is 1. The number of hydrogen-bond acceptors (Lipinski definition) is 6. The number of rotatable bonds is 3. The number of carbonyl (C=O) groups excluding carboxylic acids is 1. The number of benzene rings is 1. The number of aromatic nitrogens is 2. The Kier molecular flexibility index (Phi) is 7.31. The molecule has 31 heavy (non-hydrogen) atoms. The van der Waals surface area contributed by atoms with Crippen LogP contribution in [0.2, 0.25) is 0 Å². The maximum Gasteiger partial charge on any atom is 0.277 e. The summed E-state index contributed by atoms with van der Waals surface area (Å²) < 4.78 is 5.65. The molecule has 9 heteroatoms. The first kappa shape index (κ1) is 24.0. The van der Waals surface area contributed by atoms with Crippen LogP contribution in [-0.4, -0.2) is 53.2 Å². The molecule has 3 aliphatic heterocycles. The number of halogens is 2. The van der Waals surface area contributed by atoms with Crippen molar-refractivity contribution in [3.8, 4) is 0 Å². The lowest BCUT2D eigenvalue weighted by molar-refractivity contribution is -0.121. The van der Waals surface area contributed by atoms with Crippen LogP contribution in [0.15, 0.2) is 28.8 Å². The molecule has 2 fully saturated rings. The minimum absolute atomic E-state index is 0. The first-order valence-corrected chi connectivity index (χ1v) is 10.8. The minimum atomic E-state index is -0.586. The van der Waals surface area contributed by atoms with Crippen molar-refractivity contribution < 1.29 is 9.32 Å². The molecule has 0 unspecified atom stereocenters. The number of carbonyl (C=O) groups is 1. The number of likely N-dealkylation sites (tertiary alicyclic amines) is 1. The van der Waals surface area contributed by atoms with Gasteiger partial charge in [0, 0.05) is 12.0 Å². The third-order valence-corrected chi connectivity index (χ3v) is 6.89. The Morgan fingerprint density at radius 2 is 1.74 bits per heavy atom. The molecule has 1 N–H and O–H groups in total. The number of nitrogens with one attached hydrogen (secondary N) is 1. The molecule has 0 atom stereocenters. The van der Waals surface area contributed by atoms with Crippen LogP contribution in [0.3, 0.4) is 0 Å². The Labute approximate surface area is 195 Å². The molecular formula is C22H31Cl2N5O2. The quantitative estimate of drug-likeness (QED) is 0.739. The SMILES string of the molecule is CC1(C)C(=O)N(c2noc(C3CCN(C4CCNCC4)CC3)n2)c2ccccc21.Cl.Cl. The Balaban J connectivity index is 0.00000136. The van der Waals surface area contributed by atoms with Crippen LogP contribution >= 0.6 is 24.8 Å². The van der Waals surface area contributed by atoms with Gasteiger partial charge in [0.2, 0.25) is 11.8 Å². The molecule has 2 aromatic rings. The summed E-state index contributed by atoms with van der Waals surface area (Å²) in [6, 6.07) is 8.57. The topological polar surface area (TPSA) is 74.5 Å². The van der Waals surface area contributed by atoms with Crippen molar-refractivity contribution in [3.05, 3.63) is 35.7 Å². The summed E-state index contributed by atoms with van der Waals surface area (Å²) in [5, 5.41) is 7.64. The maximum atomic E-state index is 13.1. The fourth-order valence-corrected chi connectivity index (χ4v) is 5.07. The van der Waals surface area contributed by atoms with Crippen molar-refractivity contribution in [2.45, 2.75) is 56.9 Å². The van der Waals surface area contributed by atoms with Gasteiger partial charge in [-0.1, -0.05) is 18.2 Å². The average Bonchev–Trinajstić information content (AvgIpc) is 3.31. The fraction of sp³-hybridized carbons (Fsp3) is 0.591. The molecule has 0 aliphatic carbocycles. The summed E-state index contributed by atoms with van der Waals surface area (Å²) in [4.78, 5) is 22.0. The van der Waals surface area contributed by atoms with E-state index in [0.29, 0.717) is 17.9 Å². The number of para-hydroxylation sites is 1. The standard InChI is InChI=1S/C22H29N5O2.2ClH/c1-22(2)17-5-3-4-6-18(17)27(20(22)28)21-24-19(29-25-21)15-9-13-26(14-10-15)16-7-11-23-12-8-16;;/h3-6,15-16,23H,7-14H2,1-2H3;2*1H. The van der Waals surface area contributed by atoms with Gasteiger partial charge in [-0.2, -0.15) is 4.98 Å². The van der Waals surface area contributed by atoms with Crippen LogP contribution in [0.4, 0.5) is 11.6 Å². The molecule has 1 amide bonds. The molecule has 5 rings (SSSR count). The minimum Gasteiger partial charge on any atom is -0.337 e. The zero-order chi connectivity index (χ0) is 20.0. The fourth-order valence-electron chi connectivity index (χ4n) is 5.07. The third kappa shape index (κ3) is 4.21. The van der Waals surface area contributed by atoms with E-state index < -0.39 is 5.41 Å². The van der Waals surface area contributed by atoms with Crippen molar-refractivity contribution in [2.75, 3.05) is 31.1 Å². The van der Waals surface area contributed by atoms with Crippen LogP contribution in [-0.2, 0) is 10.2 Å². The molecule has 0 spiro atoms. The van der Waals surface area contributed by atoms with Crippen molar-refractivity contribution in [2.24, 2.45) is 0 Å². The Morgan fingerprint density at radius 3 is 2.45 bits per heavy atom. The van der Waals surface area contributed by atoms with Crippen molar-refractivity contribution in [3.63, 3.8) is 0 Å². The predicted molar refractivity (Wildman–Crippen MR) is 125 cm³/mol. The third-order valence-electron chi connectivity index (χ3n) is 6.89. The zero-order valence-electron chi connectivity index (χ0n) is 18.0. The first-order chi connectivity index (χ1) is 14.1. The number of piperidine rings is 2. The van der Waals surface area contributed by atoms with E-state index in [0.717, 1.165) is 50.3 Å². The normalized spacial score (nSPS) is 22.0. The van der Waals surface area contributed by atoms with Gasteiger partial charge in [0.25, 0.3) is 5.95 Å². The number of amides is 1. The average molecular weight is 468 g/mol. The summed E-state index contributed by atoms with van der Waals surface area (Å²) in [5.41, 5.74) is 1.28. The van der Waals surface area contributed by atoms with Crippen LogP contribution in [0.5, 0.6) is 0 Å². The summed E-state index contributed by atoms with van der Waals surface area (Å²) in [6.07, 6.45) is 4.53. The second-order valence-electron chi connectivity index (χ2n) is 9.01. The van der Waals surface area contributed by atoms with Gasteiger partial charge in [0.1, 0.15) is 0 Å². The molecule has 4 heterocycles. The van der Waals surface area contributed by atoms with E-state index in [1.807, 2.05) is 38.1 Å². The molecular weight excluding hydrogens is 437 g/mol. The van der Waals surface area contributed by atoms with E-state index in [2.05, 4.69) is 20.4 Å². The largest absolute Gasteiger partial charge is 0.337 e. The van der Waals surface area contributed by atoms with Crippen molar-refractivity contribution >= 4 is 42.4 Å². The number of anilines is 2. The molecule has 3 aliphatic rings. The first-order valence-electron chi connectivity index (χ1n) is 10.8. The van der Waals surface area contributed by atoms with Crippen LogP contribution in [0, 0.1) is 0 Å². The number of nitrogens with zero attached hydrogens (tertiary/aromatic N) is 4. The van der Waals surface area contributed by atoms with Gasteiger partial charge in [0.05, 0.1) is 11.1 Å². The van der Waals surface area contributed by atoms with Crippen molar-refractivity contribution in [1.29, 1.82) is 0 Å². The highest BCUT2D eigenvalue weighted by molar-refractivity contribution is 6.11. The molecule has 0 radical (unpaired) electrons. The Morgan fingerprint density at radius 1 is 1.06 bits per heavy atom. The highest BCUT2D eigenvalue weighted by atomic mass is 35.5. The maximum absolute atomic E-state index is 13.1. The van der Waals surface area contributed by atoms with E-state index in [4.69, 9.17) is 4.52 Å². The zero-order valence-corrected chi connectivity index (χ0v) is 19.7. The van der Waals surface area contributed by atoms with Crippen LogP contribution in [0.25, 0.3) is 0 Å². The van der Waals surface area contributed by atoms with E-state index in [1.165, 1.54) is 12.8 Å². The molecule has 0 saturated carbocycles. The molecule has 1 aromatic carbocycles. The van der Waals surface area contributed by atoms with Gasteiger partial charge in [-0.15, -0.1) is 24.8 Å². The summed E-state index contributed by atoms with van der Waals surface area (Å²) in [5.74, 6) is 1.30. The monoisotopic (exact) mass is 467 g/mol. The van der Waals surface area contributed by atoms with Gasteiger partial charge >= 0.3 is 0 Å². The number of fused-ring (bicyclic) bond motifs is 1. The lowest BCUT2D eigenvalue weighted by Gasteiger charge is -2.38. The molecule has 7 nitrogen and oxygen atoms in total. The lowest BCUT2D eigenvalue weighted by atomic mass is 9.86. The van der Waals surface area contributed by atoms with E-state index >= 15 is 0 Å². The molecule has 1 aromatic heterocycles. The predicted octanol–water partition coefficient (Wildman–Crippen LogP) is 3.80. The summed E-state index contributed by atoms with van der Waals surface area (Å²) >= 11 is 0. The van der Waals surface area contributed by atoms with Gasteiger partial charge in [-0.05, 0) is 82.5 Å². The highest BCUT2D eigenvalue weighted by Gasteiger charge is 2.46. The van der Waals surface area contributed by atoms with Crippen LogP contribution in [0.1, 0.15) is 56.9 Å². The molecule has 2 saturated heterocycles. The molecule has 170 valence electrons. The summed E-state index contributed by atoms with van der Waals surface area (Å²) in [6.45, 7) is 8.30. The second kappa shape index (κ2) is 9.45. The Hall–Kier alpha value is -1.67.